The summed E-state index contributed by atoms with van der Waals surface area (Å²) in [7, 11) is 0. The molecule has 2 amide bonds. The predicted octanol–water partition coefficient (Wildman–Crippen LogP) is -0.660. The van der Waals surface area contributed by atoms with Crippen LogP contribution in [0.1, 0.15) is 31.2 Å². The molecule has 30 heavy (non-hydrogen) atoms. The van der Waals surface area contributed by atoms with E-state index in [1.165, 1.54) is 0 Å². The average Bonchev–Trinajstić information content (AvgIpc) is 2.68. The second kappa shape index (κ2) is 12.2. The van der Waals surface area contributed by atoms with Crippen LogP contribution in [0.15, 0.2) is 30.3 Å². The molecule has 0 aliphatic carbocycles. The first-order chi connectivity index (χ1) is 14.1. The van der Waals surface area contributed by atoms with Gasteiger partial charge in [0.05, 0.1) is 6.04 Å². The van der Waals surface area contributed by atoms with Gasteiger partial charge in [-0.1, -0.05) is 30.3 Å². The summed E-state index contributed by atoms with van der Waals surface area (Å²) in [6.45, 7) is 0. The van der Waals surface area contributed by atoms with E-state index in [9.17, 15) is 24.0 Å². The van der Waals surface area contributed by atoms with Crippen LogP contribution < -0.4 is 16.4 Å². The first-order valence-corrected chi connectivity index (χ1v) is 9.16. The highest BCUT2D eigenvalue weighted by atomic mass is 16.4. The molecule has 0 saturated heterocycles. The fourth-order valence-electron chi connectivity index (χ4n) is 2.57. The minimum absolute atomic E-state index is 0.177. The van der Waals surface area contributed by atoms with Gasteiger partial charge in [-0.2, -0.15) is 0 Å². The van der Waals surface area contributed by atoms with Crippen LogP contribution in [-0.2, 0) is 30.4 Å². The van der Waals surface area contributed by atoms with E-state index in [2.05, 4.69) is 10.6 Å². The highest BCUT2D eigenvalue weighted by Crippen LogP contribution is 2.05. The number of hydrogen-bond donors (Lipinski definition) is 6. The molecule has 0 spiro atoms. The fraction of sp³-hybridized carbons (Fsp3) is 0.421. The van der Waals surface area contributed by atoms with E-state index in [0.717, 1.165) is 5.56 Å². The van der Waals surface area contributed by atoms with Crippen LogP contribution in [-0.4, -0.2) is 63.2 Å². The lowest BCUT2D eigenvalue weighted by Gasteiger charge is -2.22. The van der Waals surface area contributed by atoms with Crippen molar-refractivity contribution in [3.05, 3.63) is 35.9 Å². The molecule has 1 rings (SSSR count). The number of carbonyl (C=O) groups excluding carboxylic acids is 2. The molecule has 3 atom stereocenters. The molecule has 0 radical (unpaired) electrons. The number of hydrogen-bond acceptors (Lipinski definition) is 6. The summed E-state index contributed by atoms with van der Waals surface area (Å²) >= 11 is 0. The molecular weight excluding hydrogens is 398 g/mol. The fourth-order valence-corrected chi connectivity index (χ4v) is 2.57. The third kappa shape index (κ3) is 9.15. The molecule has 0 saturated carbocycles. The van der Waals surface area contributed by atoms with Crippen LogP contribution in [0.2, 0.25) is 0 Å². The van der Waals surface area contributed by atoms with Crippen molar-refractivity contribution < 1.29 is 39.3 Å². The second-order valence-corrected chi connectivity index (χ2v) is 6.62. The molecule has 0 unspecified atom stereocenters. The van der Waals surface area contributed by atoms with Crippen molar-refractivity contribution in [1.29, 1.82) is 0 Å². The Labute approximate surface area is 172 Å². The van der Waals surface area contributed by atoms with Crippen LogP contribution in [0.5, 0.6) is 0 Å². The van der Waals surface area contributed by atoms with Crippen molar-refractivity contribution in [1.82, 2.24) is 10.6 Å². The van der Waals surface area contributed by atoms with Gasteiger partial charge >= 0.3 is 17.9 Å². The van der Waals surface area contributed by atoms with Crippen molar-refractivity contribution in [2.24, 2.45) is 5.73 Å². The SMILES string of the molecule is N[C@@H](Cc1ccccc1)C(=O)N[C@@H](CCC(=O)O)C(=O)N[C@@H](CCC(=O)O)C(=O)O. The van der Waals surface area contributed by atoms with Gasteiger partial charge < -0.3 is 31.7 Å². The average molecular weight is 423 g/mol. The second-order valence-electron chi connectivity index (χ2n) is 6.62. The van der Waals surface area contributed by atoms with Crippen molar-refractivity contribution in [3.8, 4) is 0 Å². The van der Waals surface area contributed by atoms with Gasteiger partial charge in [0.2, 0.25) is 11.8 Å². The Hall–Kier alpha value is -3.47. The van der Waals surface area contributed by atoms with Crippen LogP contribution in [0.3, 0.4) is 0 Å². The van der Waals surface area contributed by atoms with E-state index >= 15 is 0 Å². The molecule has 0 aliphatic rings. The zero-order valence-corrected chi connectivity index (χ0v) is 16.1. The number of carboxylic acids is 3. The molecule has 0 heterocycles. The van der Waals surface area contributed by atoms with Gasteiger partial charge in [-0.25, -0.2) is 4.79 Å². The molecule has 164 valence electrons. The summed E-state index contributed by atoms with van der Waals surface area (Å²) < 4.78 is 0. The van der Waals surface area contributed by atoms with Gasteiger partial charge in [0.1, 0.15) is 12.1 Å². The topological polar surface area (TPSA) is 196 Å². The normalized spacial score (nSPS) is 13.5. The number of aliphatic carboxylic acids is 3. The molecule has 0 bridgehead atoms. The smallest absolute Gasteiger partial charge is 0.326 e. The largest absolute Gasteiger partial charge is 0.481 e. The van der Waals surface area contributed by atoms with Gasteiger partial charge in [-0.15, -0.1) is 0 Å². The Kier molecular flexibility index (Phi) is 9.97. The third-order valence-corrected chi connectivity index (χ3v) is 4.18. The zero-order valence-electron chi connectivity index (χ0n) is 16.1. The van der Waals surface area contributed by atoms with Crippen molar-refractivity contribution in [3.63, 3.8) is 0 Å². The third-order valence-electron chi connectivity index (χ3n) is 4.18. The van der Waals surface area contributed by atoms with Gasteiger partial charge in [0.25, 0.3) is 0 Å². The van der Waals surface area contributed by atoms with E-state index in [1.54, 1.807) is 30.3 Å². The monoisotopic (exact) mass is 423 g/mol. The van der Waals surface area contributed by atoms with Crippen LogP contribution in [0, 0.1) is 0 Å². The Morgan fingerprint density at radius 3 is 1.80 bits per heavy atom. The summed E-state index contributed by atoms with van der Waals surface area (Å²) in [5.74, 6) is -5.54. The summed E-state index contributed by atoms with van der Waals surface area (Å²) in [5.41, 5.74) is 6.65. The highest BCUT2D eigenvalue weighted by Gasteiger charge is 2.28. The first-order valence-electron chi connectivity index (χ1n) is 9.16. The van der Waals surface area contributed by atoms with Crippen molar-refractivity contribution in [2.45, 2.75) is 50.2 Å². The minimum atomic E-state index is -1.50. The Bertz CT molecular complexity index is 768. The zero-order chi connectivity index (χ0) is 22.7. The van der Waals surface area contributed by atoms with Gasteiger partial charge in [0, 0.05) is 12.8 Å². The quantitative estimate of drug-likeness (QED) is 0.238. The molecule has 0 aliphatic heterocycles. The first kappa shape index (κ1) is 24.6. The molecule has 0 aromatic heterocycles. The van der Waals surface area contributed by atoms with E-state index in [4.69, 9.17) is 21.1 Å². The number of benzene rings is 1. The molecule has 1 aromatic carbocycles. The highest BCUT2D eigenvalue weighted by molar-refractivity contribution is 5.92. The van der Waals surface area contributed by atoms with Crippen molar-refractivity contribution in [2.75, 3.05) is 0 Å². The van der Waals surface area contributed by atoms with Crippen LogP contribution in [0.4, 0.5) is 0 Å². The minimum Gasteiger partial charge on any atom is -0.481 e. The standard InChI is InChI=1S/C19H25N3O8/c20-12(10-11-4-2-1-3-5-11)17(27)21-13(6-8-15(23)24)18(28)22-14(19(29)30)7-9-16(25)26/h1-5,12-14H,6-10,20H2,(H,21,27)(H,22,28)(H,23,24)(H,25,26)(H,29,30)/t12-,13-,14-/m0/s1. The summed E-state index contributed by atoms with van der Waals surface area (Å²) in [6.07, 6.45) is -1.44. The number of nitrogens with one attached hydrogen (secondary N) is 2. The number of carbonyl (C=O) groups is 5. The van der Waals surface area contributed by atoms with Gasteiger partial charge in [0.15, 0.2) is 0 Å². The molecule has 7 N–H and O–H groups in total. The maximum Gasteiger partial charge on any atom is 0.326 e. The Balaban J connectivity index is 2.81. The van der Waals surface area contributed by atoms with E-state index in [1.807, 2.05) is 0 Å². The number of rotatable bonds is 13. The van der Waals surface area contributed by atoms with E-state index in [0.29, 0.717) is 0 Å². The number of nitrogens with two attached hydrogens (primary N) is 1. The molecular formula is C19H25N3O8. The van der Waals surface area contributed by atoms with Crippen molar-refractivity contribution >= 4 is 29.7 Å². The Morgan fingerprint density at radius 2 is 1.30 bits per heavy atom. The lowest BCUT2D eigenvalue weighted by Crippen LogP contribution is -2.54. The predicted molar refractivity (Wildman–Crippen MR) is 103 cm³/mol. The lowest BCUT2D eigenvalue weighted by atomic mass is 10.0. The summed E-state index contributed by atoms with van der Waals surface area (Å²) in [6, 6.07) is 5.00. The molecule has 0 fully saturated rings. The molecule has 11 heteroatoms. The van der Waals surface area contributed by atoms with Crippen LogP contribution >= 0.6 is 0 Å². The van der Waals surface area contributed by atoms with Gasteiger partial charge in [-0.3, -0.25) is 19.2 Å². The van der Waals surface area contributed by atoms with Gasteiger partial charge in [-0.05, 0) is 24.8 Å². The van der Waals surface area contributed by atoms with E-state index < -0.39 is 60.7 Å². The molecule has 1 aromatic rings. The Morgan fingerprint density at radius 1 is 0.800 bits per heavy atom. The molecule has 11 nitrogen and oxygen atoms in total. The number of carboxylic acid groups (broad SMARTS) is 3. The number of amides is 2. The van der Waals surface area contributed by atoms with Crippen LogP contribution in [0.25, 0.3) is 0 Å². The summed E-state index contributed by atoms with van der Waals surface area (Å²) in [5, 5.41) is 31.2. The maximum absolute atomic E-state index is 12.5. The maximum atomic E-state index is 12.5. The summed E-state index contributed by atoms with van der Waals surface area (Å²) in [4.78, 5) is 57.6. The lowest BCUT2D eigenvalue weighted by molar-refractivity contribution is -0.144. The van der Waals surface area contributed by atoms with E-state index in [-0.39, 0.29) is 19.3 Å².